The van der Waals surface area contributed by atoms with Crippen molar-refractivity contribution < 1.29 is 19.4 Å². The summed E-state index contributed by atoms with van der Waals surface area (Å²) in [5, 5.41) is 19.1. The van der Waals surface area contributed by atoms with Crippen LogP contribution in [-0.2, 0) is 24.4 Å². The summed E-state index contributed by atoms with van der Waals surface area (Å²) >= 11 is 0. The van der Waals surface area contributed by atoms with Crippen LogP contribution >= 0.6 is 0 Å². The quantitative estimate of drug-likeness (QED) is 0.510. The molecule has 2 aromatic carbocycles. The number of carbonyl (C=O) groups excluding carboxylic acids is 1. The van der Waals surface area contributed by atoms with E-state index in [1.807, 2.05) is 18.2 Å². The summed E-state index contributed by atoms with van der Waals surface area (Å²) in [6, 6.07) is 9.47. The first-order valence-electron chi connectivity index (χ1n) is 13.4. The number of morpholine rings is 1. The standard InChI is InChI=1S/C28H35N5O4/c34-27-16-25-23(26(30-29-25)19-32-6-2-1-3-7-32)15-24(27)28(35)33-17-20-4-5-22(14-21(20)18-33)37-13-10-31-8-11-36-12-9-31/h4-5,14-16,34H,1-3,6-13,17-19H2,(H,29,30). The number of rotatable bonds is 7. The van der Waals surface area contributed by atoms with Gasteiger partial charge in [-0.3, -0.25) is 19.7 Å². The topological polar surface area (TPSA) is 94.2 Å². The van der Waals surface area contributed by atoms with E-state index in [0.717, 1.165) is 80.4 Å². The summed E-state index contributed by atoms with van der Waals surface area (Å²) in [6.07, 6.45) is 3.71. The molecule has 0 aliphatic carbocycles. The summed E-state index contributed by atoms with van der Waals surface area (Å²) in [4.78, 5) is 20.1. The lowest BCUT2D eigenvalue weighted by molar-refractivity contribution is 0.0322. The Morgan fingerprint density at radius 3 is 2.65 bits per heavy atom. The van der Waals surface area contributed by atoms with Gasteiger partial charge in [0, 0.05) is 50.7 Å². The van der Waals surface area contributed by atoms with Crippen LogP contribution in [-0.4, -0.2) is 88.5 Å². The number of hydrogen-bond acceptors (Lipinski definition) is 7. The highest BCUT2D eigenvalue weighted by Crippen LogP contribution is 2.32. The maximum absolute atomic E-state index is 13.5. The normalized spacial score (nSPS) is 18.9. The van der Waals surface area contributed by atoms with Crippen molar-refractivity contribution in [1.29, 1.82) is 0 Å². The van der Waals surface area contributed by atoms with Gasteiger partial charge < -0.3 is 19.5 Å². The number of ether oxygens (including phenoxy) is 2. The fraction of sp³-hybridized carbons (Fsp3) is 0.500. The molecule has 0 saturated carbocycles. The van der Waals surface area contributed by atoms with Crippen LogP contribution in [0.1, 0.15) is 46.4 Å². The van der Waals surface area contributed by atoms with Crippen LogP contribution in [0.15, 0.2) is 30.3 Å². The molecule has 3 aliphatic rings. The third-order valence-corrected chi connectivity index (χ3v) is 7.78. The Balaban J connectivity index is 1.12. The van der Waals surface area contributed by atoms with Gasteiger partial charge in [0.2, 0.25) is 0 Å². The third kappa shape index (κ3) is 5.30. The molecule has 1 aromatic heterocycles. The van der Waals surface area contributed by atoms with Gasteiger partial charge in [0.1, 0.15) is 18.1 Å². The number of hydrogen-bond donors (Lipinski definition) is 2. The van der Waals surface area contributed by atoms with Crippen molar-refractivity contribution in [2.45, 2.75) is 38.9 Å². The fourth-order valence-electron chi connectivity index (χ4n) is 5.62. The number of H-pyrrole nitrogens is 1. The highest BCUT2D eigenvalue weighted by atomic mass is 16.5. The molecule has 6 rings (SSSR count). The molecule has 0 spiro atoms. The van der Waals surface area contributed by atoms with Gasteiger partial charge in [-0.1, -0.05) is 12.5 Å². The number of likely N-dealkylation sites (tertiary alicyclic amines) is 1. The van der Waals surface area contributed by atoms with Crippen molar-refractivity contribution in [2.24, 2.45) is 0 Å². The second-order valence-corrected chi connectivity index (χ2v) is 10.3. The van der Waals surface area contributed by atoms with Crippen molar-refractivity contribution in [3.8, 4) is 11.5 Å². The molecule has 3 aliphatic heterocycles. The second kappa shape index (κ2) is 10.7. The Morgan fingerprint density at radius 1 is 1.00 bits per heavy atom. The molecule has 2 N–H and O–H groups in total. The molecule has 196 valence electrons. The number of aromatic hydroxyl groups is 1. The Kier molecular flexibility index (Phi) is 6.99. The molecule has 9 heteroatoms. The van der Waals surface area contributed by atoms with Crippen LogP contribution in [0.2, 0.25) is 0 Å². The molecule has 2 saturated heterocycles. The van der Waals surface area contributed by atoms with E-state index in [-0.39, 0.29) is 11.7 Å². The van der Waals surface area contributed by atoms with Crippen molar-refractivity contribution in [3.63, 3.8) is 0 Å². The zero-order valence-electron chi connectivity index (χ0n) is 21.2. The van der Waals surface area contributed by atoms with Crippen LogP contribution in [0.3, 0.4) is 0 Å². The van der Waals surface area contributed by atoms with Crippen LogP contribution in [0.4, 0.5) is 0 Å². The zero-order valence-corrected chi connectivity index (χ0v) is 21.2. The number of phenolic OH excluding ortho intramolecular Hbond substituents is 1. The molecule has 2 fully saturated rings. The Hall–Kier alpha value is -3.14. The maximum Gasteiger partial charge on any atom is 0.258 e. The molecule has 4 heterocycles. The predicted molar refractivity (Wildman–Crippen MR) is 140 cm³/mol. The third-order valence-electron chi connectivity index (χ3n) is 7.78. The molecule has 37 heavy (non-hydrogen) atoms. The van der Waals surface area contributed by atoms with E-state index in [1.165, 1.54) is 19.3 Å². The number of piperidine rings is 1. The summed E-state index contributed by atoms with van der Waals surface area (Å²) in [5.74, 6) is 0.624. The summed E-state index contributed by atoms with van der Waals surface area (Å²) in [5.41, 5.74) is 4.21. The number of carbonyl (C=O) groups is 1. The average Bonchev–Trinajstić information content (AvgIpc) is 3.52. The van der Waals surface area contributed by atoms with E-state index < -0.39 is 0 Å². The molecule has 0 bridgehead atoms. The van der Waals surface area contributed by atoms with E-state index >= 15 is 0 Å². The Bertz CT molecular complexity index is 1260. The average molecular weight is 506 g/mol. The summed E-state index contributed by atoms with van der Waals surface area (Å²) < 4.78 is 11.4. The van der Waals surface area contributed by atoms with E-state index in [0.29, 0.717) is 30.8 Å². The zero-order chi connectivity index (χ0) is 25.2. The minimum Gasteiger partial charge on any atom is -0.507 e. The largest absolute Gasteiger partial charge is 0.507 e. The molecule has 0 unspecified atom stereocenters. The van der Waals surface area contributed by atoms with Gasteiger partial charge in [-0.05, 0) is 55.3 Å². The van der Waals surface area contributed by atoms with Crippen molar-refractivity contribution >= 4 is 16.8 Å². The minimum absolute atomic E-state index is 0.0309. The van der Waals surface area contributed by atoms with Crippen molar-refractivity contribution in [3.05, 3.63) is 52.7 Å². The lowest BCUT2D eigenvalue weighted by Crippen LogP contribution is -2.38. The first-order valence-corrected chi connectivity index (χ1v) is 13.4. The first-order chi connectivity index (χ1) is 18.1. The van der Waals surface area contributed by atoms with Crippen molar-refractivity contribution in [2.75, 3.05) is 52.5 Å². The maximum atomic E-state index is 13.5. The molecular weight excluding hydrogens is 470 g/mol. The number of amides is 1. The van der Waals surface area contributed by atoms with Gasteiger partial charge in [0.25, 0.3) is 5.91 Å². The number of benzene rings is 2. The van der Waals surface area contributed by atoms with Gasteiger partial charge in [-0.25, -0.2) is 0 Å². The summed E-state index contributed by atoms with van der Waals surface area (Å²) in [6.45, 7) is 8.91. The van der Waals surface area contributed by atoms with Gasteiger partial charge in [0.05, 0.1) is 30.0 Å². The van der Waals surface area contributed by atoms with E-state index in [2.05, 4.69) is 20.0 Å². The van der Waals surface area contributed by atoms with E-state index in [9.17, 15) is 9.90 Å². The monoisotopic (exact) mass is 505 g/mol. The smallest absolute Gasteiger partial charge is 0.258 e. The first kappa shape index (κ1) is 24.2. The number of aromatic nitrogens is 2. The van der Waals surface area contributed by atoms with Crippen LogP contribution in [0, 0.1) is 0 Å². The molecule has 0 atom stereocenters. The van der Waals surface area contributed by atoms with Crippen LogP contribution in [0.25, 0.3) is 10.9 Å². The highest BCUT2D eigenvalue weighted by Gasteiger charge is 2.27. The SMILES string of the molecule is O=C(c1cc2c(CN3CCCCC3)[nH]nc2cc1O)N1Cc2ccc(OCCN3CCOCC3)cc2C1. The number of nitrogens with one attached hydrogen (secondary N) is 1. The van der Waals surface area contributed by atoms with Gasteiger partial charge >= 0.3 is 0 Å². The molecule has 9 nitrogen and oxygen atoms in total. The lowest BCUT2D eigenvalue weighted by atomic mass is 10.1. The molecule has 1 amide bonds. The van der Waals surface area contributed by atoms with Crippen LogP contribution in [0.5, 0.6) is 11.5 Å². The minimum atomic E-state index is -0.171. The number of phenols is 1. The summed E-state index contributed by atoms with van der Waals surface area (Å²) in [7, 11) is 0. The van der Waals surface area contributed by atoms with E-state index in [1.54, 1.807) is 17.0 Å². The highest BCUT2D eigenvalue weighted by molar-refractivity contribution is 6.01. The van der Waals surface area contributed by atoms with Gasteiger partial charge in [0.15, 0.2) is 0 Å². The number of aromatic amines is 1. The fourth-order valence-corrected chi connectivity index (χ4v) is 5.62. The molecule has 0 radical (unpaired) electrons. The second-order valence-electron chi connectivity index (χ2n) is 10.3. The Morgan fingerprint density at radius 2 is 1.81 bits per heavy atom. The molecular formula is C28H35N5O4. The number of fused-ring (bicyclic) bond motifs is 2. The number of nitrogens with zero attached hydrogens (tertiary/aromatic N) is 4. The van der Waals surface area contributed by atoms with E-state index in [4.69, 9.17) is 9.47 Å². The van der Waals surface area contributed by atoms with Crippen LogP contribution < -0.4 is 4.74 Å². The lowest BCUT2D eigenvalue weighted by Gasteiger charge is -2.26. The van der Waals surface area contributed by atoms with Crippen molar-refractivity contribution in [1.82, 2.24) is 24.9 Å². The van der Waals surface area contributed by atoms with Gasteiger partial charge in [-0.15, -0.1) is 0 Å². The predicted octanol–water partition coefficient (Wildman–Crippen LogP) is 3.12. The Labute approximate surface area is 216 Å². The molecule has 3 aromatic rings. The van der Waals surface area contributed by atoms with Gasteiger partial charge in [-0.2, -0.15) is 5.10 Å².